The van der Waals surface area contributed by atoms with E-state index in [4.69, 9.17) is 9.47 Å². The molecule has 0 heterocycles. The van der Waals surface area contributed by atoms with Crippen molar-refractivity contribution >= 4 is 6.09 Å². The lowest BCUT2D eigenvalue weighted by molar-refractivity contribution is -0.891. The number of nitrogens with zero attached hydrogens (tertiary/aromatic N) is 1. The van der Waals surface area contributed by atoms with Crippen molar-refractivity contribution in [3.05, 3.63) is 71.3 Å². The second kappa shape index (κ2) is 17.1. The first-order chi connectivity index (χ1) is 17.0. The van der Waals surface area contributed by atoms with Crippen LogP contribution in [0.25, 0.3) is 0 Å². The van der Waals surface area contributed by atoms with Crippen molar-refractivity contribution in [1.29, 1.82) is 0 Å². The molecule has 2 aromatic rings. The number of alkyl carbamates (subject to hydrolysis) is 1. The molecule has 0 radical (unpaired) electrons. The van der Waals surface area contributed by atoms with E-state index in [1.807, 2.05) is 44.2 Å². The molecule has 2 aromatic carbocycles. The highest BCUT2D eigenvalue weighted by atomic mass is 16.5. The van der Waals surface area contributed by atoms with Gasteiger partial charge >= 0.3 is 6.09 Å². The molecule has 2 rings (SSSR count). The van der Waals surface area contributed by atoms with Crippen LogP contribution in [0.1, 0.15) is 69.6 Å². The fourth-order valence-electron chi connectivity index (χ4n) is 3.47. The molecule has 0 unspecified atom stereocenters. The lowest BCUT2D eigenvalue weighted by Gasteiger charge is -2.34. The van der Waals surface area contributed by atoms with E-state index in [1.165, 1.54) is 30.4 Å². The molecule has 0 bridgehead atoms. The Bertz CT molecular complexity index is 812. The normalized spacial score (nSPS) is 11.4. The van der Waals surface area contributed by atoms with E-state index >= 15 is 0 Å². The molecule has 1 amide bonds. The van der Waals surface area contributed by atoms with Crippen LogP contribution >= 0.6 is 0 Å². The second-order valence-corrected chi connectivity index (χ2v) is 11.0. The molecule has 0 spiro atoms. The number of benzene rings is 2. The Kier molecular flexibility index (Phi) is 15.1. The number of hydrogen-bond acceptors (Lipinski definition) is 3. The largest absolute Gasteiger partial charge is 0.445 e. The van der Waals surface area contributed by atoms with Crippen LogP contribution in [0.3, 0.4) is 0 Å². The summed E-state index contributed by atoms with van der Waals surface area (Å²) in [7, 11) is 4.43. The van der Waals surface area contributed by atoms with E-state index in [0.29, 0.717) is 6.61 Å². The molecular formula is C31H51N2O3+. The van der Waals surface area contributed by atoms with E-state index in [1.54, 1.807) is 0 Å². The van der Waals surface area contributed by atoms with Gasteiger partial charge in [-0.1, -0.05) is 91.9 Å². The third-order valence-corrected chi connectivity index (χ3v) is 6.20. The van der Waals surface area contributed by atoms with Gasteiger partial charge in [-0.2, -0.15) is 0 Å². The summed E-state index contributed by atoms with van der Waals surface area (Å²) in [4.78, 5) is 12.1. The first-order valence-electron chi connectivity index (χ1n) is 13.4. The van der Waals surface area contributed by atoms with Crippen LogP contribution in [-0.2, 0) is 16.1 Å². The SMILES string of the molecule is CCCCCCOCC[N+](C)(C)CCC(C)(C)NC(=O)OCc1ccccc1.Cc1ccc(C)cc1. The zero-order chi connectivity index (χ0) is 26.9. The number of aryl methyl sites for hydroxylation is 2. The Morgan fingerprint density at radius 2 is 1.47 bits per heavy atom. The maximum Gasteiger partial charge on any atom is 0.407 e. The van der Waals surface area contributed by atoms with Crippen molar-refractivity contribution in [2.24, 2.45) is 0 Å². The Balaban J connectivity index is 0.000000681. The standard InChI is InChI=1S/C23H40N2O3.C8H10/c1-6-7-8-12-18-27-19-17-25(4,5)16-15-23(2,3)24-22(26)28-20-21-13-10-9-11-14-21;1-7-3-5-8(2)6-4-7/h9-11,13-14H,6-8,12,15-20H2,1-5H3;3-6H,1-2H3/p+1. The quantitative estimate of drug-likeness (QED) is 0.224. The number of quaternary nitrogens is 1. The van der Waals surface area contributed by atoms with Gasteiger partial charge in [-0.15, -0.1) is 0 Å². The maximum atomic E-state index is 12.1. The van der Waals surface area contributed by atoms with Gasteiger partial charge in [0.1, 0.15) is 13.2 Å². The van der Waals surface area contributed by atoms with Crippen LogP contribution in [0.2, 0.25) is 0 Å². The fraction of sp³-hybridized carbons (Fsp3) is 0.581. The molecule has 1 N–H and O–H groups in total. The number of hydrogen-bond donors (Lipinski definition) is 1. The lowest BCUT2D eigenvalue weighted by atomic mass is 10.0. The zero-order valence-electron chi connectivity index (χ0n) is 23.9. The minimum atomic E-state index is -0.366. The van der Waals surface area contributed by atoms with Gasteiger partial charge in [0.25, 0.3) is 0 Å². The number of rotatable bonds is 14. The molecule has 0 saturated heterocycles. The van der Waals surface area contributed by atoms with Crippen LogP contribution in [0.4, 0.5) is 4.79 Å². The Morgan fingerprint density at radius 3 is 2.06 bits per heavy atom. The fourth-order valence-corrected chi connectivity index (χ4v) is 3.47. The van der Waals surface area contributed by atoms with Crippen LogP contribution in [-0.4, -0.2) is 56.5 Å². The Hall–Kier alpha value is -2.37. The topological polar surface area (TPSA) is 47.6 Å². The number of nitrogens with one attached hydrogen (secondary N) is 1. The monoisotopic (exact) mass is 499 g/mol. The summed E-state index contributed by atoms with van der Waals surface area (Å²) >= 11 is 0. The summed E-state index contributed by atoms with van der Waals surface area (Å²) in [5.41, 5.74) is 3.33. The van der Waals surface area contributed by atoms with Gasteiger partial charge in [0.05, 0.1) is 27.2 Å². The van der Waals surface area contributed by atoms with Crippen LogP contribution in [0.5, 0.6) is 0 Å². The molecule has 0 saturated carbocycles. The van der Waals surface area contributed by atoms with E-state index in [0.717, 1.165) is 49.2 Å². The van der Waals surface area contributed by atoms with Crippen molar-refractivity contribution in [3.63, 3.8) is 0 Å². The lowest BCUT2D eigenvalue weighted by Crippen LogP contribution is -2.50. The molecule has 0 aromatic heterocycles. The first-order valence-corrected chi connectivity index (χ1v) is 13.4. The molecule has 0 fully saturated rings. The van der Waals surface area contributed by atoms with Crippen LogP contribution in [0.15, 0.2) is 54.6 Å². The molecule has 202 valence electrons. The third kappa shape index (κ3) is 16.3. The summed E-state index contributed by atoms with van der Waals surface area (Å²) in [6.45, 7) is 14.4. The zero-order valence-corrected chi connectivity index (χ0v) is 23.9. The summed E-state index contributed by atoms with van der Waals surface area (Å²) < 4.78 is 12.0. The summed E-state index contributed by atoms with van der Waals surface area (Å²) in [5, 5.41) is 2.99. The average molecular weight is 500 g/mol. The summed E-state index contributed by atoms with van der Waals surface area (Å²) in [6, 6.07) is 18.2. The van der Waals surface area contributed by atoms with Crippen LogP contribution < -0.4 is 5.32 Å². The maximum absolute atomic E-state index is 12.1. The van der Waals surface area contributed by atoms with E-state index < -0.39 is 0 Å². The number of unbranched alkanes of at least 4 members (excludes halogenated alkanes) is 3. The molecule has 0 aliphatic rings. The Labute approximate surface area is 220 Å². The molecule has 5 heteroatoms. The smallest absolute Gasteiger partial charge is 0.407 e. The second-order valence-electron chi connectivity index (χ2n) is 11.0. The number of ether oxygens (including phenoxy) is 2. The van der Waals surface area contributed by atoms with E-state index in [9.17, 15) is 4.79 Å². The van der Waals surface area contributed by atoms with Crippen molar-refractivity contribution < 1.29 is 18.8 Å². The van der Waals surface area contributed by atoms with Crippen molar-refractivity contribution in [2.75, 3.05) is 40.4 Å². The van der Waals surface area contributed by atoms with Crippen LogP contribution in [0, 0.1) is 13.8 Å². The molecule has 0 aliphatic heterocycles. The van der Waals surface area contributed by atoms with E-state index in [2.05, 4.69) is 64.4 Å². The van der Waals surface area contributed by atoms with Gasteiger partial charge in [-0.25, -0.2) is 4.79 Å². The third-order valence-electron chi connectivity index (χ3n) is 6.20. The van der Waals surface area contributed by atoms with Gasteiger partial charge in [0.15, 0.2) is 0 Å². The van der Waals surface area contributed by atoms with Gasteiger partial charge in [-0.3, -0.25) is 0 Å². The first kappa shape index (κ1) is 31.7. The molecule has 36 heavy (non-hydrogen) atoms. The predicted molar refractivity (Wildman–Crippen MR) is 151 cm³/mol. The van der Waals surface area contributed by atoms with Crippen molar-refractivity contribution in [3.8, 4) is 0 Å². The minimum absolute atomic E-state index is 0.292. The molecule has 0 atom stereocenters. The number of carbonyl (C=O) groups excluding carboxylic acids is 1. The molecular weight excluding hydrogens is 448 g/mol. The average Bonchev–Trinajstić information content (AvgIpc) is 2.84. The van der Waals surface area contributed by atoms with Crippen molar-refractivity contribution in [2.45, 2.75) is 78.9 Å². The number of likely N-dealkylation sites (N-methyl/N-ethyl adjacent to an activating group) is 1. The van der Waals surface area contributed by atoms with Crippen molar-refractivity contribution in [1.82, 2.24) is 5.32 Å². The molecule has 0 aliphatic carbocycles. The number of amides is 1. The van der Waals surface area contributed by atoms with E-state index in [-0.39, 0.29) is 11.6 Å². The summed E-state index contributed by atoms with van der Waals surface area (Å²) in [6.07, 6.45) is 5.47. The highest BCUT2D eigenvalue weighted by molar-refractivity contribution is 5.68. The Morgan fingerprint density at radius 1 is 0.861 bits per heavy atom. The number of carbonyl (C=O) groups is 1. The highest BCUT2D eigenvalue weighted by Crippen LogP contribution is 2.13. The minimum Gasteiger partial charge on any atom is -0.445 e. The van der Waals surface area contributed by atoms with Gasteiger partial charge in [0, 0.05) is 18.6 Å². The predicted octanol–water partition coefficient (Wildman–Crippen LogP) is 7.06. The van der Waals surface area contributed by atoms with Gasteiger partial charge in [-0.05, 0) is 39.7 Å². The van der Waals surface area contributed by atoms with Gasteiger partial charge in [0.2, 0.25) is 0 Å². The summed E-state index contributed by atoms with van der Waals surface area (Å²) in [5.74, 6) is 0. The highest BCUT2D eigenvalue weighted by Gasteiger charge is 2.26. The molecule has 5 nitrogen and oxygen atoms in total. The van der Waals surface area contributed by atoms with Gasteiger partial charge < -0.3 is 19.3 Å².